The van der Waals surface area contributed by atoms with Crippen molar-refractivity contribution in [3.05, 3.63) is 36.2 Å². The van der Waals surface area contributed by atoms with Crippen LogP contribution in [0.15, 0.2) is 35.5 Å². The van der Waals surface area contributed by atoms with Crippen molar-refractivity contribution in [1.82, 2.24) is 15.2 Å². The lowest BCUT2D eigenvalue weighted by Gasteiger charge is -2.21. The van der Waals surface area contributed by atoms with Crippen molar-refractivity contribution in [1.29, 1.82) is 0 Å². The SMILES string of the molecule is CCOC(=O)CN(C(=O)CSc1n[nH]c(C2CC2)n1)c1ccccc1. The van der Waals surface area contributed by atoms with E-state index in [-0.39, 0.29) is 24.8 Å². The molecular formula is C17H20N4O3S. The summed E-state index contributed by atoms with van der Waals surface area (Å²) >= 11 is 1.26. The van der Waals surface area contributed by atoms with E-state index in [4.69, 9.17) is 4.74 Å². The number of carbonyl (C=O) groups excluding carboxylic acids is 2. The molecule has 0 aliphatic heterocycles. The van der Waals surface area contributed by atoms with Gasteiger partial charge in [-0.1, -0.05) is 30.0 Å². The quantitative estimate of drug-likeness (QED) is 0.574. The molecule has 1 N–H and O–H groups in total. The van der Waals surface area contributed by atoms with Crippen LogP contribution < -0.4 is 4.90 Å². The molecule has 8 heteroatoms. The fourth-order valence-electron chi connectivity index (χ4n) is 2.33. The number of nitrogens with one attached hydrogen (secondary N) is 1. The summed E-state index contributed by atoms with van der Waals surface area (Å²) in [5, 5.41) is 7.61. The first-order valence-corrected chi connectivity index (χ1v) is 9.22. The van der Waals surface area contributed by atoms with E-state index >= 15 is 0 Å². The zero-order valence-electron chi connectivity index (χ0n) is 14.0. The molecule has 2 aromatic rings. The third-order valence-electron chi connectivity index (χ3n) is 3.73. The highest BCUT2D eigenvalue weighted by molar-refractivity contribution is 7.99. The number of nitrogens with zero attached hydrogens (tertiary/aromatic N) is 3. The summed E-state index contributed by atoms with van der Waals surface area (Å²) in [6.45, 7) is 1.91. The minimum absolute atomic E-state index is 0.113. The number of thioether (sulfide) groups is 1. The van der Waals surface area contributed by atoms with Crippen molar-refractivity contribution in [3.63, 3.8) is 0 Å². The van der Waals surface area contributed by atoms with E-state index in [2.05, 4.69) is 15.2 Å². The minimum Gasteiger partial charge on any atom is -0.465 e. The van der Waals surface area contributed by atoms with Crippen LogP contribution in [0.5, 0.6) is 0 Å². The third-order valence-corrected chi connectivity index (χ3v) is 4.56. The van der Waals surface area contributed by atoms with Crippen molar-refractivity contribution in [2.45, 2.75) is 30.8 Å². The molecule has 0 saturated heterocycles. The summed E-state index contributed by atoms with van der Waals surface area (Å²) in [6.07, 6.45) is 2.28. The number of carbonyl (C=O) groups is 2. The molecule has 7 nitrogen and oxygen atoms in total. The third kappa shape index (κ3) is 4.82. The van der Waals surface area contributed by atoms with Gasteiger partial charge in [0, 0.05) is 11.6 Å². The molecule has 1 amide bonds. The molecule has 0 atom stereocenters. The van der Waals surface area contributed by atoms with Crippen molar-refractivity contribution in [2.24, 2.45) is 0 Å². The first-order chi connectivity index (χ1) is 12.2. The maximum atomic E-state index is 12.6. The molecule has 0 bridgehead atoms. The van der Waals surface area contributed by atoms with Crippen molar-refractivity contribution in [2.75, 3.05) is 23.8 Å². The number of ether oxygens (including phenoxy) is 1. The molecule has 132 valence electrons. The second-order valence-corrected chi connectivity index (χ2v) is 6.63. The Labute approximate surface area is 150 Å². The minimum atomic E-state index is -0.432. The molecule has 1 aliphatic carbocycles. The lowest BCUT2D eigenvalue weighted by Crippen LogP contribution is -2.37. The first kappa shape index (κ1) is 17.5. The van der Waals surface area contributed by atoms with Crippen LogP contribution in [0.3, 0.4) is 0 Å². The Morgan fingerprint density at radius 2 is 2.08 bits per heavy atom. The second kappa shape index (κ2) is 8.15. The molecule has 1 aliphatic rings. The van der Waals surface area contributed by atoms with Gasteiger partial charge in [-0.25, -0.2) is 4.98 Å². The van der Waals surface area contributed by atoms with Gasteiger partial charge in [-0.15, -0.1) is 5.10 Å². The molecule has 1 aromatic carbocycles. The van der Waals surface area contributed by atoms with E-state index < -0.39 is 5.97 Å². The summed E-state index contributed by atoms with van der Waals surface area (Å²) in [7, 11) is 0. The van der Waals surface area contributed by atoms with Gasteiger partial charge in [0.2, 0.25) is 11.1 Å². The Kier molecular flexibility index (Phi) is 5.70. The second-order valence-electron chi connectivity index (χ2n) is 5.69. The van der Waals surface area contributed by atoms with Crippen LogP contribution in [-0.4, -0.2) is 46.0 Å². The van der Waals surface area contributed by atoms with Crippen LogP contribution in [0, 0.1) is 0 Å². The van der Waals surface area contributed by atoms with E-state index in [0.717, 1.165) is 18.7 Å². The molecular weight excluding hydrogens is 340 g/mol. The number of aromatic amines is 1. The van der Waals surface area contributed by atoms with Gasteiger partial charge in [0.15, 0.2) is 0 Å². The van der Waals surface area contributed by atoms with Crippen LogP contribution in [0.2, 0.25) is 0 Å². The highest BCUT2D eigenvalue weighted by Gasteiger charge is 2.27. The predicted molar refractivity (Wildman–Crippen MR) is 94.5 cm³/mol. The van der Waals surface area contributed by atoms with Crippen LogP contribution >= 0.6 is 11.8 Å². The largest absolute Gasteiger partial charge is 0.465 e. The smallest absolute Gasteiger partial charge is 0.326 e. The molecule has 3 rings (SSSR count). The topological polar surface area (TPSA) is 88.2 Å². The number of para-hydroxylation sites is 1. The average molecular weight is 360 g/mol. The van der Waals surface area contributed by atoms with E-state index in [1.807, 2.05) is 18.2 Å². The van der Waals surface area contributed by atoms with E-state index in [1.165, 1.54) is 16.7 Å². The average Bonchev–Trinajstić information content (AvgIpc) is 3.37. The Bertz CT molecular complexity index is 731. The summed E-state index contributed by atoms with van der Waals surface area (Å²) in [4.78, 5) is 30.3. The molecule has 1 saturated carbocycles. The summed E-state index contributed by atoms with van der Waals surface area (Å²) < 4.78 is 4.97. The Morgan fingerprint density at radius 3 is 2.76 bits per heavy atom. The molecule has 0 unspecified atom stereocenters. The number of aromatic nitrogens is 3. The number of benzene rings is 1. The lowest BCUT2D eigenvalue weighted by atomic mass is 10.3. The molecule has 1 fully saturated rings. The van der Waals surface area contributed by atoms with Crippen LogP contribution in [-0.2, 0) is 14.3 Å². The summed E-state index contributed by atoms with van der Waals surface area (Å²) in [5.74, 6) is 0.903. The lowest BCUT2D eigenvalue weighted by molar-refractivity contribution is -0.142. The van der Waals surface area contributed by atoms with Gasteiger partial charge >= 0.3 is 5.97 Å². The highest BCUT2D eigenvalue weighted by atomic mass is 32.2. The van der Waals surface area contributed by atoms with Crippen LogP contribution in [0.25, 0.3) is 0 Å². The number of esters is 1. The molecule has 0 spiro atoms. The number of amides is 1. The van der Waals surface area contributed by atoms with Gasteiger partial charge in [-0.05, 0) is 31.9 Å². The van der Waals surface area contributed by atoms with Crippen LogP contribution in [0.1, 0.15) is 31.5 Å². The summed E-state index contributed by atoms with van der Waals surface area (Å²) in [5.41, 5.74) is 0.662. The highest BCUT2D eigenvalue weighted by Crippen LogP contribution is 2.38. The standard InChI is InChI=1S/C17H20N4O3S/c1-2-24-15(23)10-21(13-6-4-3-5-7-13)14(22)11-25-17-18-16(19-20-17)12-8-9-12/h3-7,12H,2,8-11H2,1H3,(H,18,19,20). The fraction of sp³-hybridized carbons (Fsp3) is 0.412. The fourth-order valence-corrected chi connectivity index (χ4v) is 3.01. The van der Waals surface area contributed by atoms with Gasteiger partial charge in [-0.3, -0.25) is 14.7 Å². The monoisotopic (exact) mass is 360 g/mol. The number of rotatable bonds is 8. The maximum Gasteiger partial charge on any atom is 0.326 e. The van der Waals surface area contributed by atoms with Crippen molar-refractivity contribution < 1.29 is 14.3 Å². The molecule has 25 heavy (non-hydrogen) atoms. The normalized spacial score (nSPS) is 13.5. The van der Waals surface area contributed by atoms with Gasteiger partial charge in [0.1, 0.15) is 12.4 Å². The zero-order valence-corrected chi connectivity index (χ0v) is 14.8. The number of H-pyrrole nitrogens is 1. The van der Waals surface area contributed by atoms with Gasteiger partial charge in [0.25, 0.3) is 0 Å². The van der Waals surface area contributed by atoms with Crippen molar-refractivity contribution >= 4 is 29.3 Å². The zero-order chi connectivity index (χ0) is 17.6. The summed E-state index contributed by atoms with van der Waals surface area (Å²) in [6, 6.07) is 9.09. The number of hydrogen-bond acceptors (Lipinski definition) is 6. The molecule has 1 heterocycles. The van der Waals surface area contributed by atoms with Crippen molar-refractivity contribution in [3.8, 4) is 0 Å². The first-order valence-electron chi connectivity index (χ1n) is 8.23. The van der Waals surface area contributed by atoms with Gasteiger partial charge < -0.3 is 9.64 Å². The maximum absolute atomic E-state index is 12.6. The Hall–Kier alpha value is -2.35. The van der Waals surface area contributed by atoms with E-state index in [9.17, 15) is 9.59 Å². The Morgan fingerprint density at radius 1 is 1.32 bits per heavy atom. The van der Waals surface area contributed by atoms with E-state index in [0.29, 0.717) is 16.8 Å². The van der Waals surface area contributed by atoms with Gasteiger partial charge in [0.05, 0.1) is 12.4 Å². The number of anilines is 1. The Balaban J connectivity index is 1.64. The van der Waals surface area contributed by atoms with E-state index in [1.54, 1.807) is 19.1 Å². The van der Waals surface area contributed by atoms with Crippen LogP contribution in [0.4, 0.5) is 5.69 Å². The molecule has 1 aromatic heterocycles. The predicted octanol–water partition coefficient (Wildman–Crippen LogP) is 2.37. The molecule has 0 radical (unpaired) electrons. The number of hydrogen-bond donors (Lipinski definition) is 1. The van der Waals surface area contributed by atoms with Gasteiger partial charge in [-0.2, -0.15) is 0 Å².